The SMILES string of the molecule is CCCn1ncnc1CC(N)C1CCOC1C. The highest BCUT2D eigenvalue weighted by atomic mass is 16.5. The van der Waals surface area contributed by atoms with Gasteiger partial charge in [-0.15, -0.1) is 0 Å². The van der Waals surface area contributed by atoms with Crippen LogP contribution in [0.1, 0.15) is 32.5 Å². The van der Waals surface area contributed by atoms with Crippen molar-refractivity contribution >= 4 is 0 Å². The van der Waals surface area contributed by atoms with Crippen LogP contribution in [0.25, 0.3) is 0 Å². The number of aromatic nitrogens is 3. The number of nitrogens with zero attached hydrogens (tertiary/aromatic N) is 3. The molecule has 1 aromatic rings. The normalized spacial score (nSPS) is 26.3. The predicted octanol–water partition coefficient (Wildman–Crippen LogP) is 0.983. The van der Waals surface area contributed by atoms with E-state index in [9.17, 15) is 0 Å². The Kier molecular flexibility index (Phi) is 4.12. The molecule has 1 aliphatic rings. The van der Waals surface area contributed by atoms with E-state index in [1.54, 1.807) is 6.33 Å². The van der Waals surface area contributed by atoms with Gasteiger partial charge in [-0.1, -0.05) is 6.92 Å². The maximum absolute atomic E-state index is 6.26. The van der Waals surface area contributed by atoms with Crippen LogP contribution < -0.4 is 5.73 Å². The zero-order valence-corrected chi connectivity index (χ0v) is 10.7. The Bertz CT molecular complexity index is 352. The number of ether oxygens (including phenoxy) is 1. The van der Waals surface area contributed by atoms with Gasteiger partial charge in [0.25, 0.3) is 0 Å². The Balaban J connectivity index is 1.97. The molecule has 3 unspecified atom stereocenters. The molecule has 96 valence electrons. The second-order valence-electron chi connectivity index (χ2n) is 4.80. The van der Waals surface area contributed by atoms with Crippen molar-refractivity contribution in [3.63, 3.8) is 0 Å². The largest absolute Gasteiger partial charge is 0.378 e. The van der Waals surface area contributed by atoms with E-state index in [4.69, 9.17) is 10.5 Å². The summed E-state index contributed by atoms with van der Waals surface area (Å²) in [5.41, 5.74) is 6.26. The molecule has 2 N–H and O–H groups in total. The van der Waals surface area contributed by atoms with Crippen LogP contribution in [-0.2, 0) is 17.7 Å². The lowest BCUT2D eigenvalue weighted by molar-refractivity contribution is 0.0992. The third-order valence-electron chi connectivity index (χ3n) is 3.53. The zero-order chi connectivity index (χ0) is 12.3. The third-order valence-corrected chi connectivity index (χ3v) is 3.53. The minimum absolute atomic E-state index is 0.118. The molecule has 5 nitrogen and oxygen atoms in total. The average molecular weight is 238 g/mol. The van der Waals surface area contributed by atoms with E-state index in [0.717, 1.165) is 38.2 Å². The highest BCUT2D eigenvalue weighted by molar-refractivity contribution is 4.93. The van der Waals surface area contributed by atoms with Gasteiger partial charge in [0.05, 0.1) is 6.10 Å². The van der Waals surface area contributed by atoms with E-state index in [2.05, 4.69) is 23.9 Å². The number of aryl methyl sites for hydroxylation is 1. The van der Waals surface area contributed by atoms with Crippen molar-refractivity contribution in [2.45, 2.75) is 51.8 Å². The third kappa shape index (κ3) is 2.84. The second kappa shape index (κ2) is 5.60. The van der Waals surface area contributed by atoms with Gasteiger partial charge in [0.15, 0.2) is 0 Å². The summed E-state index contributed by atoms with van der Waals surface area (Å²) in [4.78, 5) is 4.30. The molecule has 2 heterocycles. The van der Waals surface area contributed by atoms with Crippen LogP contribution in [0.5, 0.6) is 0 Å². The van der Waals surface area contributed by atoms with E-state index in [1.807, 2.05) is 4.68 Å². The van der Waals surface area contributed by atoms with Gasteiger partial charge in [0.2, 0.25) is 0 Å². The molecule has 0 saturated carbocycles. The first-order chi connectivity index (χ1) is 8.22. The molecule has 0 bridgehead atoms. The van der Waals surface area contributed by atoms with E-state index in [1.165, 1.54) is 0 Å². The summed E-state index contributed by atoms with van der Waals surface area (Å²) in [7, 11) is 0. The number of nitrogens with two attached hydrogens (primary N) is 1. The summed E-state index contributed by atoms with van der Waals surface area (Å²) < 4.78 is 7.52. The van der Waals surface area contributed by atoms with Crippen LogP contribution in [0.15, 0.2) is 6.33 Å². The fourth-order valence-electron chi connectivity index (χ4n) is 2.52. The number of hydrogen-bond donors (Lipinski definition) is 1. The molecule has 0 radical (unpaired) electrons. The van der Waals surface area contributed by atoms with Gasteiger partial charge in [-0.25, -0.2) is 4.98 Å². The molecule has 5 heteroatoms. The van der Waals surface area contributed by atoms with Crippen LogP contribution >= 0.6 is 0 Å². The molecule has 1 aliphatic heterocycles. The minimum atomic E-state index is 0.118. The Hall–Kier alpha value is -0.940. The van der Waals surface area contributed by atoms with Gasteiger partial charge < -0.3 is 10.5 Å². The average Bonchev–Trinajstić information content (AvgIpc) is 2.89. The molecule has 1 aromatic heterocycles. The Labute approximate surface area is 102 Å². The topological polar surface area (TPSA) is 66.0 Å². The van der Waals surface area contributed by atoms with Gasteiger partial charge in [-0.05, 0) is 19.8 Å². The molecule has 17 heavy (non-hydrogen) atoms. The first-order valence-corrected chi connectivity index (χ1v) is 6.46. The van der Waals surface area contributed by atoms with Gasteiger partial charge in [-0.3, -0.25) is 4.68 Å². The molecular formula is C12H22N4O. The van der Waals surface area contributed by atoms with Crippen molar-refractivity contribution in [2.24, 2.45) is 11.7 Å². The maximum Gasteiger partial charge on any atom is 0.138 e. The van der Waals surface area contributed by atoms with Crippen molar-refractivity contribution in [2.75, 3.05) is 6.61 Å². The maximum atomic E-state index is 6.26. The molecule has 0 spiro atoms. The fourth-order valence-corrected chi connectivity index (χ4v) is 2.52. The van der Waals surface area contributed by atoms with E-state index in [-0.39, 0.29) is 12.1 Å². The summed E-state index contributed by atoms with van der Waals surface area (Å²) >= 11 is 0. The molecule has 1 fully saturated rings. The van der Waals surface area contributed by atoms with Gasteiger partial charge in [0, 0.05) is 31.5 Å². The van der Waals surface area contributed by atoms with Gasteiger partial charge in [0.1, 0.15) is 12.2 Å². The van der Waals surface area contributed by atoms with Crippen LogP contribution in [0, 0.1) is 5.92 Å². The summed E-state index contributed by atoms with van der Waals surface area (Å²) in [5.74, 6) is 1.44. The minimum Gasteiger partial charge on any atom is -0.378 e. The van der Waals surface area contributed by atoms with Crippen LogP contribution in [0.3, 0.4) is 0 Å². The van der Waals surface area contributed by atoms with Crippen molar-refractivity contribution < 1.29 is 4.74 Å². The van der Waals surface area contributed by atoms with Crippen LogP contribution in [-0.4, -0.2) is 33.5 Å². The van der Waals surface area contributed by atoms with Gasteiger partial charge in [-0.2, -0.15) is 5.10 Å². The molecule has 0 aromatic carbocycles. The Morgan fingerprint density at radius 1 is 1.65 bits per heavy atom. The lowest BCUT2D eigenvalue weighted by Gasteiger charge is -2.21. The molecule has 2 rings (SSSR count). The molecule has 3 atom stereocenters. The van der Waals surface area contributed by atoms with Crippen molar-refractivity contribution in [3.8, 4) is 0 Å². The van der Waals surface area contributed by atoms with Crippen LogP contribution in [0.4, 0.5) is 0 Å². The second-order valence-corrected chi connectivity index (χ2v) is 4.80. The Morgan fingerprint density at radius 2 is 2.47 bits per heavy atom. The smallest absolute Gasteiger partial charge is 0.138 e. The highest BCUT2D eigenvalue weighted by Crippen LogP contribution is 2.24. The predicted molar refractivity (Wildman–Crippen MR) is 65.5 cm³/mol. The van der Waals surface area contributed by atoms with Crippen molar-refractivity contribution in [3.05, 3.63) is 12.2 Å². The molecule has 0 amide bonds. The number of hydrogen-bond acceptors (Lipinski definition) is 4. The van der Waals surface area contributed by atoms with E-state index < -0.39 is 0 Å². The highest BCUT2D eigenvalue weighted by Gasteiger charge is 2.30. The lowest BCUT2D eigenvalue weighted by Crippen LogP contribution is -2.36. The monoisotopic (exact) mass is 238 g/mol. The Morgan fingerprint density at radius 3 is 3.12 bits per heavy atom. The zero-order valence-electron chi connectivity index (χ0n) is 10.7. The summed E-state index contributed by atoms with van der Waals surface area (Å²) in [6.07, 6.45) is 4.80. The van der Waals surface area contributed by atoms with E-state index in [0.29, 0.717) is 5.92 Å². The first kappa shape index (κ1) is 12.5. The standard InChI is InChI=1S/C12H22N4O/c1-3-5-16-12(14-8-15-16)7-11(13)10-4-6-17-9(10)2/h8-11H,3-7,13H2,1-2H3. The van der Waals surface area contributed by atoms with Crippen LogP contribution in [0.2, 0.25) is 0 Å². The first-order valence-electron chi connectivity index (χ1n) is 6.46. The number of rotatable bonds is 5. The molecular weight excluding hydrogens is 216 g/mol. The summed E-state index contributed by atoms with van der Waals surface area (Å²) in [6, 6.07) is 0.118. The lowest BCUT2D eigenvalue weighted by atomic mass is 9.92. The summed E-state index contributed by atoms with van der Waals surface area (Å²) in [6.45, 7) is 5.99. The quantitative estimate of drug-likeness (QED) is 0.830. The van der Waals surface area contributed by atoms with Gasteiger partial charge >= 0.3 is 0 Å². The fraction of sp³-hybridized carbons (Fsp3) is 0.833. The summed E-state index contributed by atoms with van der Waals surface area (Å²) in [5, 5.41) is 4.22. The van der Waals surface area contributed by atoms with Crippen molar-refractivity contribution in [1.82, 2.24) is 14.8 Å². The molecule has 0 aliphatic carbocycles. The van der Waals surface area contributed by atoms with Crippen molar-refractivity contribution in [1.29, 1.82) is 0 Å². The molecule has 1 saturated heterocycles. The van der Waals surface area contributed by atoms with E-state index >= 15 is 0 Å².